The molecule has 1 amide bonds. The Bertz CT molecular complexity index is 900. The number of amides is 1. The van der Waals surface area contributed by atoms with Crippen LogP contribution < -0.4 is 15.8 Å². The highest BCUT2D eigenvalue weighted by Crippen LogP contribution is 2.28. The molecule has 1 atom stereocenters. The Kier molecular flexibility index (Phi) is 2.75. The van der Waals surface area contributed by atoms with Crippen molar-refractivity contribution in [1.29, 1.82) is 0 Å². The van der Waals surface area contributed by atoms with Crippen LogP contribution in [0.5, 0.6) is 5.75 Å². The van der Waals surface area contributed by atoms with Gasteiger partial charge in [0.05, 0.1) is 5.52 Å². The third-order valence-corrected chi connectivity index (χ3v) is 3.63. The van der Waals surface area contributed by atoms with Crippen LogP contribution in [0, 0.1) is 0 Å². The van der Waals surface area contributed by atoms with Crippen LogP contribution in [0.3, 0.4) is 0 Å². The van der Waals surface area contributed by atoms with Crippen molar-refractivity contribution in [2.24, 2.45) is 0 Å². The van der Waals surface area contributed by atoms with Crippen LogP contribution in [0.25, 0.3) is 11.1 Å². The fourth-order valence-corrected chi connectivity index (χ4v) is 2.57. The first-order valence-corrected chi connectivity index (χ1v) is 6.87. The first-order valence-electron chi connectivity index (χ1n) is 6.87. The van der Waals surface area contributed by atoms with E-state index in [0.717, 1.165) is 11.3 Å². The summed E-state index contributed by atoms with van der Waals surface area (Å²) < 4.78 is 10.6. The van der Waals surface area contributed by atoms with Crippen molar-refractivity contribution < 1.29 is 13.9 Å². The van der Waals surface area contributed by atoms with Crippen LogP contribution in [0.15, 0.2) is 51.7 Å². The largest absolute Gasteiger partial charge is 0.480 e. The van der Waals surface area contributed by atoms with Gasteiger partial charge in [-0.3, -0.25) is 9.78 Å². The van der Waals surface area contributed by atoms with Crippen molar-refractivity contribution >= 4 is 22.7 Å². The van der Waals surface area contributed by atoms with E-state index in [1.807, 2.05) is 24.3 Å². The summed E-state index contributed by atoms with van der Waals surface area (Å²) in [6, 6.07) is 12.6. The Morgan fingerprint density at radius 3 is 2.95 bits per heavy atom. The zero-order valence-electron chi connectivity index (χ0n) is 11.5. The molecule has 0 fully saturated rings. The number of H-pyrrole nitrogens is 1. The minimum Gasteiger partial charge on any atom is -0.480 e. The van der Waals surface area contributed by atoms with Gasteiger partial charge in [0, 0.05) is 18.2 Å². The molecule has 110 valence electrons. The molecule has 4 rings (SSSR count). The summed E-state index contributed by atoms with van der Waals surface area (Å²) in [6.07, 6.45) is -0.00457. The van der Waals surface area contributed by atoms with E-state index in [4.69, 9.17) is 9.15 Å². The lowest BCUT2D eigenvalue weighted by Crippen LogP contribution is -2.31. The highest BCUT2D eigenvalue weighted by atomic mass is 16.5. The predicted octanol–water partition coefficient (Wildman–Crippen LogP) is 2.06. The average Bonchev–Trinajstić information content (AvgIpc) is 3.08. The molecule has 0 spiro atoms. The fourth-order valence-electron chi connectivity index (χ4n) is 2.57. The van der Waals surface area contributed by atoms with E-state index in [1.54, 1.807) is 18.2 Å². The number of anilines is 1. The summed E-state index contributed by atoms with van der Waals surface area (Å²) in [6.45, 7) is 0. The molecule has 0 aliphatic carbocycles. The zero-order chi connectivity index (χ0) is 15.1. The average molecular weight is 296 g/mol. The molecule has 1 unspecified atom stereocenters. The van der Waals surface area contributed by atoms with E-state index in [0.29, 0.717) is 23.2 Å². The van der Waals surface area contributed by atoms with Gasteiger partial charge in [-0.1, -0.05) is 18.2 Å². The van der Waals surface area contributed by atoms with E-state index >= 15 is 0 Å². The molecule has 0 radical (unpaired) electrons. The van der Waals surface area contributed by atoms with Gasteiger partial charge >= 0.3 is 5.76 Å². The number of nitrogens with one attached hydrogen (secondary N) is 2. The number of para-hydroxylation sites is 1. The Hall–Kier alpha value is -3.02. The molecule has 6 nitrogen and oxygen atoms in total. The lowest BCUT2D eigenvalue weighted by molar-refractivity contribution is -0.122. The van der Waals surface area contributed by atoms with Crippen LogP contribution >= 0.6 is 0 Å². The van der Waals surface area contributed by atoms with Gasteiger partial charge in [0.2, 0.25) is 0 Å². The first-order chi connectivity index (χ1) is 10.7. The second kappa shape index (κ2) is 4.77. The molecule has 0 saturated heterocycles. The van der Waals surface area contributed by atoms with E-state index < -0.39 is 11.9 Å². The molecule has 22 heavy (non-hydrogen) atoms. The van der Waals surface area contributed by atoms with Crippen LogP contribution in [0.2, 0.25) is 0 Å². The van der Waals surface area contributed by atoms with E-state index in [-0.39, 0.29) is 5.91 Å². The predicted molar refractivity (Wildman–Crippen MR) is 80.0 cm³/mol. The quantitative estimate of drug-likeness (QED) is 0.758. The number of hydrogen-bond acceptors (Lipinski definition) is 4. The normalized spacial score (nSPS) is 16.3. The molecule has 1 aromatic heterocycles. The van der Waals surface area contributed by atoms with Gasteiger partial charge in [-0.05, 0) is 23.8 Å². The molecule has 0 saturated carbocycles. The first kappa shape index (κ1) is 12.7. The number of aromatic amines is 1. The summed E-state index contributed by atoms with van der Waals surface area (Å²) in [5.41, 5.74) is 2.57. The molecular weight excluding hydrogens is 284 g/mol. The molecule has 0 bridgehead atoms. The van der Waals surface area contributed by atoms with Crippen molar-refractivity contribution in [3.05, 3.63) is 58.6 Å². The molecule has 2 heterocycles. The lowest BCUT2D eigenvalue weighted by Gasteiger charge is -2.11. The number of benzene rings is 2. The van der Waals surface area contributed by atoms with Crippen molar-refractivity contribution in [2.45, 2.75) is 12.5 Å². The maximum absolute atomic E-state index is 12.3. The van der Waals surface area contributed by atoms with E-state index in [2.05, 4.69) is 10.3 Å². The number of rotatable bonds is 2. The number of hydrogen-bond donors (Lipinski definition) is 2. The summed E-state index contributed by atoms with van der Waals surface area (Å²) >= 11 is 0. The zero-order valence-corrected chi connectivity index (χ0v) is 11.5. The summed E-state index contributed by atoms with van der Waals surface area (Å²) in [4.78, 5) is 26.0. The van der Waals surface area contributed by atoms with Crippen LogP contribution in [-0.2, 0) is 11.2 Å². The van der Waals surface area contributed by atoms with Gasteiger partial charge in [0.1, 0.15) is 5.75 Å². The molecule has 2 aromatic carbocycles. The number of aromatic nitrogens is 1. The van der Waals surface area contributed by atoms with E-state index in [1.165, 1.54) is 0 Å². The third kappa shape index (κ3) is 2.14. The molecule has 3 aromatic rings. The monoisotopic (exact) mass is 296 g/mol. The number of oxazole rings is 1. The van der Waals surface area contributed by atoms with Crippen molar-refractivity contribution in [1.82, 2.24) is 4.98 Å². The Morgan fingerprint density at radius 1 is 1.23 bits per heavy atom. The minimum atomic E-state index is -0.550. The van der Waals surface area contributed by atoms with Crippen molar-refractivity contribution in [3.8, 4) is 5.75 Å². The minimum absolute atomic E-state index is 0.228. The third-order valence-electron chi connectivity index (χ3n) is 3.63. The molecule has 6 heteroatoms. The Labute approximate surface area is 124 Å². The maximum atomic E-state index is 12.3. The number of ether oxygens (including phenoxy) is 1. The summed E-state index contributed by atoms with van der Waals surface area (Å²) in [5, 5.41) is 2.78. The van der Waals surface area contributed by atoms with Gasteiger partial charge in [-0.25, -0.2) is 4.79 Å². The smallest absolute Gasteiger partial charge is 0.417 e. The van der Waals surface area contributed by atoms with Gasteiger partial charge in [-0.2, -0.15) is 0 Å². The van der Waals surface area contributed by atoms with Crippen molar-refractivity contribution in [3.63, 3.8) is 0 Å². The highest BCUT2D eigenvalue weighted by Gasteiger charge is 2.28. The second-order valence-corrected chi connectivity index (χ2v) is 5.13. The van der Waals surface area contributed by atoms with Gasteiger partial charge < -0.3 is 14.5 Å². The molecule has 1 aliphatic rings. The second-order valence-electron chi connectivity index (χ2n) is 5.13. The fraction of sp³-hybridized carbons (Fsp3) is 0.125. The van der Waals surface area contributed by atoms with E-state index in [9.17, 15) is 9.59 Å². The number of carbonyl (C=O) groups is 1. The number of carbonyl (C=O) groups excluding carboxylic acids is 1. The van der Waals surface area contributed by atoms with Crippen molar-refractivity contribution in [2.75, 3.05) is 5.32 Å². The lowest BCUT2D eigenvalue weighted by atomic mass is 10.1. The standard InChI is InChI=1S/C16H12N2O4/c19-15(14-7-9-3-1-2-4-12(9)21-14)17-10-5-6-11-13(8-10)22-16(20)18-11/h1-6,8,14H,7H2,(H,17,19)(H,18,20). The molecule has 2 N–H and O–H groups in total. The SMILES string of the molecule is O=C(Nc1ccc2[nH]c(=O)oc2c1)C1Cc2ccccc2O1. The van der Waals surface area contributed by atoms with Gasteiger partial charge in [0.15, 0.2) is 11.7 Å². The Morgan fingerprint density at radius 2 is 2.09 bits per heavy atom. The van der Waals surface area contributed by atoms with Gasteiger partial charge in [-0.15, -0.1) is 0 Å². The van der Waals surface area contributed by atoms with Gasteiger partial charge in [0.25, 0.3) is 5.91 Å². The maximum Gasteiger partial charge on any atom is 0.417 e. The highest BCUT2D eigenvalue weighted by molar-refractivity contribution is 5.96. The Balaban J connectivity index is 1.53. The number of fused-ring (bicyclic) bond motifs is 2. The molecule has 1 aliphatic heterocycles. The summed E-state index contributed by atoms with van der Waals surface area (Å²) in [5.74, 6) is -0.00350. The summed E-state index contributed by atoms with van der Waals surface area (Å²) in [7, 11) is 0. The van der Waals surface area contributed by atoms with Crippen LogP contribution in [-0.4, -0.2) is 17.0 Å². The topological polar surface area (TPSA) is 84.3 Å². The molecular formula is C16H12N2O4. The van der Waals surface area contributed by atoms with Crippen LogP contribution in [0.4, 0.5) is 5.69 Å². The van der Waals surface area contributed by atoms with Crippen LogP contribution in [0.1, 0.15) is 5.56 Å².